The van der Waals surface area contributed by atoms with Crippen molar-refractivity contribution in [3.05, 3.63) is 56.4 Å². The summed E-state index contributed by atoms with van der Waals surface area (Å²) in [5.74, 6) is 0.606. The predicted molar refractivity (Wildman–Crippen MR) is 113 cm³/mol. The third-order valence-corrected chi connectivity index (χ3v) is 7.12. The molecular formula is C21H22N2O3S2. The van der Waals surface area contributed by atoms with Gasteiger partial charge >= 0.3 is 5.97 Å². The van der Waals surface area contributed by atoms with E-state index in [1.54, 1.807) is 24.3 Å². The van der Waals surface area contributed by atoms with Crippen molar-refractivity contribution in [3.8, 4) is 0 Å². The second kappa shape index (κ2) is 7.72. The number of thioether (sulfide) groups is 1. The van der Waals surface area contributed by atoms with Crippen LogP contribution in [0.1, 0.15) is 53.0 Å². The highest BCUT2D eigenvalue weighted by Gasteiger charge is 2.25. The van der Waals surface area contributed by atoms with Crippen molar-refractivity contribution in [1.82, 2.24) is 9.97 Å². The third-order valence-electron chi connectivity index (χ3n) is 5.18. The highest BCUT2D eigenvalue weighted by atomic mass is 32.2. The molecule has 0 spiro atoms. The first-order chi connectivity index (χ1) is 13.5. The predicted octanol–water partition coefficient (Wildman–Crippen LogP) is 4.75. The molecule has 1 aliphatic carbocycles. The van der Waals surface area contributed by atoms with Crippen LogP contribution in [-0.4, -0.2) is 22.2 Å². The first kappa shape index (κ1) is 19.2. The molecule has 4 rings (SSSR count). The molecule has 28 heavy (non-hydrogen) atoms. The number of thiophene rings is 1. The molecule has 1 N–H and O–H groups in total. The van der Waals surface area contributed by atoms with Gasteiger partial charge in [-0.15, -0.1) is 23.1 Å². The van der Waals surface area contributed by atoms with Gasteiger partial charge in [-0.1, -0.05) is 19.1 Å². The van der Waals surface area contributed by atoms with E-state index >= 15 is 0 Å². The normalized spacial score (nSPS) is 17.3. The second-order valence-electron chi connectivity index (χ2n) is 7.23. The lowest BCUT2D eigenvalue weighted by atomic mass is 9.89. The summed E-state index contributed by atoms with van der Waals surface area (Å²) in [6.07, 6.45) is 4.31. The zero-order valence-electron chi connectivity index (χ0n) is 16.1. The van der Waals surface area contributed by atoms with Gasteiger partial charge in [0.2, 0.25) is 0 Å². The Labute approximate surface area is 171 Å². The first-order valence-electron chi connectivity index (χ1n) is 9.36. The Kier molecular flexibility index (Phi) is 5.29. The smallest absolute Gasteiger partial charge is 0.339 e. The number of carbonyl (C=O) groups is 1. The van der Waals surface area contributed by atoms with Gasteiger partial charge in [0.25, 0.3) is 5.56 Å². The molecule has 2 atom stereocenters. The van der Waals surface area contributed by atoms with Gasteiger partial charge in [-0.3, -0.25) is 4.79 Å². The SMILES string of the molecule is CSc1ccccc1C(=O)O[C@@H](C)c1nc2sc3c(c2c(=O)[nH]1)CC[C@H](C)C3. The first-order valence-corrected chi connectivity index (χ1v) is 11.4. The number of rotatable bonds is 4. The Hall–Kier alpha value is -2.12. The topological polar surface area (TPSA) is 72.0 Å². The largest absolute Gasteiger partial charge is 0.451 e. The minimum atomic E-state index is -0.641. The molecule has 2 aromatic heterocycles. The molecule has 0 aliphatic heterocycles. The summed E-state index contributed by atoms with van der Waals surface area (Å²) in [7, 11) is 0. The molecule has 1 aromatic carbocycles. The number of nitrogens with one attached hydrogen (secondary N) is 1. The number of hydrogen-bond donors (Lipinski definition) is 1. The minimum Gasteiger partial charge on any atom is -0.451 e. The van der Waals surface area contributed by atoms with E-state index in [4.69, 9.17) is 4.74 Å². The van der Waals surface area contributed by atoms with Gasteiger partial charge in [-0.05, 0) is 56.1 Å². The van der Waals surface area contributed by atoms with E-state index in [2.05, 4.69) is 16.9 Å². The number of aryl methyl sites for hydroxylation is 1. The van der Waals surface area contributed by atoms with Crippen LogP contribution < -0.4 is 5.56 Å². The van der Waals surface area contributed by atoms with Gasteiger partial charge in [-0.25, -0.2) is 9.78 Å². The van der Waals surface area contributed by atoms with Crippen LogP contribution >= 0.6 is 23.1 Å². The number of H-pyrrole nitrogens is 1. The number of hydrogen-bond acceptors (Lipinski definition) is 6. The van der Waals surface area contributed by atoms with Crippen LogP contribution in [0.5, 0.6) is 0 Å². The van der Waals surface area contributed by atoms with Crippen molar-refractivity contribution in [2.24, 2.45) is 5.92 Å². The van der Waals surface area contributed by atoms with Gasteiger partial charge in [0.15, 0.2) is 11.9 Å². The van der Waals surface area contributed by atoms with Crippen LogP contribution in [0.2, 0.25) is 0 Å². The molecule has 0 radical (unpaired) electrons. The van der Waals surface area contributed by atoms with Gasteiger partial charge in [0.05, 0.1) is 10.9 Å². The molecule has 0 unspecified atom stereocenters. The second-order valence-corrected chi connectivity index (χ2v) is 9.16. The number of ether oxygens (including phenoxy) is 1. The average molecular weight is 415 g/mol. The zero-order chi connectivity index (χ0) is 19.8. The molecule has 3 aromatic rings. The number of nitrogens with zero attached hydrogens (tertiary/aromatic N) is 1. The summed E-state index contributed by atoms with van der Waals surface area (Å²) in [5, 5.41) is 0.710. The fourth-order valence-electron chi connectivity index (χ4n) is 3.65. The number of esters is 1. The molecular weight excluding hydrogens is 392 g/mol. The van der Waals surface area contributed by atoms with Gasteiger partial charge in [-0.2, -0.15) is 0 Å². The Balaban J connectivity index is 1.64. The number of aromatic amines is 1. The van der Waals surface area contributed by atoms with Crippen molar-refractivity contribution in [2.75, 3.05) is 6.26 Å². The van der Waals surface area contributed by atoms with E-state index < -0.39 is 12.1 Å². The fraction of sp³-hybridized carbons (Fsp3) is 0.381. The lowest BCUT2D eigenvalue weighted by Crippen LogP contribution is -2.18. The summed E-state index contributed by atoms with van der Waals surface area (Å²) in [6.45, 7) is 3.98. The van der Waals surface area contributed by atoms with Crippen molar-refractivity contribution in [3.63, 3.8) is 0 Å². The van der Waals surface area contributed by atoms with E-state index in [-0.39, 0.29) is 5.56 Å². The van der Waals surface area contributed by atoms with Crippen molar-refractivity contribution in [1.29, 1.82) is 0 Å². The zero-order valence-corrected chi connectivity index (χ0v) is 17.7. The van der Waals surface area contributed by atoms with Gasteiger partial charge in [0, 0.05) is 9.77 Å². The van der Waals surface area contributed by atoms with Crippen molar-refractivity contribution in [2.45, 2.75) is 44.1 Å². The van der Waals surface area contributed by atoms with Crippen LogP contribution in [0.4, 0.5) is 0 Å². The standard InChI is InChI=1S/C21H22N2O3S2/c1-11-8-9-13-16(10-11)28-20-17(13)19(24)22-18(23-20)12(2)26-21(25)14-6-4-5-7-15(14)27-3/h4-7,11-12H,8-10H2,1-3H3,(H,22,23,24)/t11-,12-/m0/s1. The van der Waals surface area contributed by atoms with E-state index in [0.29, 0.717) is 22.7 Å². The summed E-state index contributed by atoms with van der Waals surface area (Å²) in [6, 6.07) is 7.33. The molecule has 0 saturated carbocycles. The third kappa shape index (κ3) is 3.49. The fourth-order valence-corrected chi connectivity index (χ4v) is 5.63. The Morgan fingerprint density at radius 1 is 1.39 bits per heavy atom. The van der Waals surface area contributed by atoms with Crippen LogP contribution in [0.3, 0.4) is 0 Å². The van der Waals surface area contributed by atoms with E-state index in [9.17, 15) is 9.59 Å². The summed E-state index contributed by atoms with van der Waals surface area (Å²) in [5.41, 5.74) is 1.53. The van der Waals surface area contributed by atoms with Crippen LogP contribution in [0.25, 0.3) is 10.2 Å². The van der Waals surface area contributed by atoms with Crippen LogP contribution in [0.15, 0.2) is 34.0 Å². The quantitative estimate of drug-likeness (QED) is 0.493. The molecule has 2 heterocycles. The Morgan fingerprint density at radius 3 is 2.96 bits per heavy atom. The summed E-state index contributed by atoms with van der Waals surface area (Å²) < 4.78 is 5.61. The van der Waals surface area contributed by atoms with Crippen LogP contribution in [0, 0.1) is 5.92 Å². The van der Waals surface area contributed by atoms with Crippen LogP contribution in [-0.2, 0) is 17.6 Å². The number of benzene rings is 1. The monoisotopic (exact) mass is 414 g/mol. The maximum atomic E-state index is 12.7. The molecule has 0 fully saturated rings. The lowest BCUT2D eigenvalue weighted by Gasteiger charge is -2.17. The molecule has 7 heteroatoms. The van der Waals surface area contributed by atoms with E-state index in [1.807, 2.05) is 24.5 Å². The summed E-state index contributed by atoms with van der Waals surface area (Å²) >= 11 is 3.09. The Morgan fingerprint density at radius 2 is 2.18 bits per heavy atom. The molecule has 0 saturated heterocycles. The molecule has 5 nitrogen and oxygen atoms in total. The number of aromatic nitrogens is 2. The molecule has 0 bridgehead atoms. The maximum Gasteiger partial charge on any atom is 0.339 e. The molecule has 1 aliphatic rings. The lowest BCUT2D eigenvalue weighted by molar-refractivity contribution is 0.0316. The minimum absolute atomic E-state index is 0.139. The van der Waals surface area contributed by atoms with Crippen molar-refractivity contribution >= 4 is 39.3 Å². The highest BCUT2D eigenvalue weighted by Crippen LogP contribution is 2.36. The van der Waals surface area contributed by atoms with Crippen molar-refractivity contribution < 1.29 is 9.53 Å². The van der Waals surface area contributed by atoms with E-state index in [0.717, 1.165) is 34.6 Å². The van der Waals surface area contributed by atoms with Gasteiger partial charge < -0.3 is 9.72 Å². The maximum absolute atomic E-state index is 12.7. The average Bonchev–Trinajstić information content (AvgIpc) is 3.05. The molecule has 0 amide bonds. The molecule has 146 valence electrons. The summed E-state index contributed by atoms with van der Waals surface area (Å²) in [4.78, 5) is 35.7. The van der Waals surface area contributed by atoms with Gasteiger partial charge in [0.1, 0.15) is 4.83 Å². The number of fused-ring (bicyclic) bond motifs is 3. The highest BCUT2D eigenvalue weighted by molar-refractivity contribution is 7.98. The Bertz CT molecular complexity index is 1100. The van der Waals surface area contributed by atoms with E-state index in [1.165, 1.54) is 16.6 Å². The number of carbonyl (C=O) groups excluding carboxylic acids is 1.